The van der Waals surface area contributed by atoms with Crippen LogP contribution in [-0.2, 0) is 16.0 Å². The largest absolute Gasteiger partial charge is 0.394 e. The molecular formula is C16H22ClN3O3. The first kappa shape index (κ1) is 17.7. The Morgan fingerprint density at radius 3 is 3.04 bits per heavy atom. The molecule has 1 aromatic heterocycles. The summed E-state index contributed by atoms with van der Waals surface area (Å²) in [4.78, 5) is 17.4. The average molecular weight is 340 g/mol. The van der Waals surface area contributed by atoms with E-state index in [1.165, 1.54) is 0 Å². The third-order valence-corrected chi connectivity index (χ3v) is 4.09. The summed E-state index contributed by atoms with van der Waals surface area (Å²) in [6.07, 6.45) is 2.09. The van der Waals surface area contributed by atoms with Gasteiger partial charge in [0.1, 0.15) is 0 Å². The normalized spacial score (nSPS) is 19.4. The number of aromatic nitrogens is 1. The van der Waals surface area contributed by atoms with Crippen LogP contribution >= 0.6 is 12.4 Å². The number of nitrogens with one attached hydrogen (secondary N) is 1. The van der Waals surface area contributed by atoms with Crippen molar-refractivity contribution in [1.29, 1.82) is 0 Å². The molecule has 1 amide bonds. The lowest BCUT2D eigenvalue weighted by Gasteiger charge is -2.33. The monoisotopic (exact) mass is 339 g/mol. The second kappa shape index (κ2) is 7.79. The number of ether oxygens (including phenoxy) is 1. The zero-order valence-corrected chi connectivity index (χ0v) is 13.6. The number of carbonyl (C=O) groups is 1. The van der Waals surface area contributed by atoms with E-state index in [1.54, 1.807) is 4.90 Å². The van der Waals surface area contributed by atoms with Crippen LogP contribution in [0.1, 0.15) is 5.56 Å². The number of aromatic amines is 1. The van der Waals surface area contributed by atoms with E-state index >= 15 is 0 Å². The summed E-state index contributed by atoms with van der Waals surface area (Å²) in [5.74, 6) is -0.0907. The number of para-hydroxylation sites is 1. The van der Waals surface area contributed by atoms with Crippen molar-refractivity contribution in [3.63, 3.8) is 0 Å². The molecule has 0 aliphatic carbocycles. The number of rotatable bonds is 4. The molecule has 1 aliphatic rings. The number of aliphatic hydroxyl groups is 1. The molecule has 126 valence electrons. The molecule has 0 bridgehead atoms. The van der Waals surface area contributed by atoms with Gasteiger partial charge in [-0.05, 0) is 18.1 Å². The van der Waals surface area contributed by atoms with Crippen LogP contribution in [-0.4, -0.2) is 59.3 Å². The average Bonchev–Trinajstić information content (AvgIpc) is 2.97. The Bertz CT molecular complexity index is 661. The zero-order chi connectivity index (χ0) is 15.5. The van der Waals surface area contributed by atoms with Crippen molar-refractivity contribution in [2.75, 3.05) is 26.3 Å². The fourth-order valence-electron chi connectivity index (χ4n) is 2.89. The number of H-pyrrole nitrogens is 1. The molecule has 0 spiro atoms. The van der Waals surface area contributed by atoms with Gasteiger partial charge in [-0.2, -0.15) is 0 Å². The van der Waals surface area contributed by atoms with Crippen molar-refractivity contribution in [1.82, 2.24) is 9.88 Å². The number of aliphatic hydroxyl groups excluding tert-OH is 1. The van der Waals surface area contributed by atoms with Crippen molar-refractivity contribution >= 4 is 29.2 Å². The fraction of sp³-hybridized carbons (Fsp3) is 0.438. The Morgan fingerprint density at radius 2 is 2.26 bits per heavy atom. The summed E-state index contributed by atoms with van der Waals surface area (Å²) in [5.41, 5.74) is 8.20. The summed E-state index contributed by atoms with van der Waals surface area (Å²) in [7, 11) is 0. The van der Waals surface area contributed by atoms with E-state index in [0.29, 0.717) is 26.1 Å². The number of hydrogen-bond donors (Lipinski definition) is 3. The molecule has 4 N–H and O–H groups in total. The second-order valence-electron chi connectivity index (χ2n) is 5.63. The number of nitrogens with zero attached hydrogens (tertiary/aromatic N) is 1. The van der Waals surface area contributed by atoms with Gasteiger partial charge in [0.2, 0.25) is 5.91 Å². The lowest BCUT2D eigenvalue weighted by atomic mass is 10.0. The van der Waals surface area contributed by atoms with Gasteiger partial charge in [-0.3, -0.25) is 4.79 Å². The second-order valence-corrected chi connectivity index (χ2v) is 5.63. The van der Waals surface area contributed by atoms with Crippen LogP contribution in [0.4, 0.5) is 0 Å². The van der Waals surface area contributed by atoms with Crippen molar-refractivity contribution in [3.8, 4) is 0 Å². The topological polar surface area (TPSA) is 91.6 Å². The first-order chi connectivity index (χ1) is 10.7. The SMILES string of the molecule is Cl.N[C@@H](Cc1c[nH]c2ccccc12)C(=O)N1CCOC(CO)C1. The highest BCUT2D eigenvalue weighted by atomic mass is 35.5. The van der Waals surface area contributed by atoms with Crippen molar-refractivity contribution < 1.29 is 14.6 Å². The molecular weight excluding hydrogens is 318 g/mol. The Labute approximate surface area is 141 Å². The highest BCUT2D eigenvalue weighted by Gasteiger charge is 2.27. The van der Waals surface area contributed by atoms with Crippen LogP contribution in [0.25, 0.3) is 10.9 Å². The number of morpholine rings is 1. The summed E-state index contributed by atoms with van der Waals surface area (Å²) < 4.78 is 5.36. The predicted octanol–water partition coefficient (Wildman–Crippen LogP) is 0.679. The lowest BCUT2D eigenvalue weighted by Crippen LogP contribution is -2.52. The standard InChI is InChI=1S/C16H21N3O3.ClH/c17-14(16(21)19-5-6-22-12(9-19)10-20)7-11-8-18-15-4-2-1-3-13(11)15;/h1-4,8,12,14,18,20H,5-7,9-10,17H2;1H/t12?,14-;/m0./s1. The van der Waals surface area contributed by atoms with E-state index in [0.717, 1.165) is 16.5 Å². The smallest absolute Gasteiger partial charge is 0.240 e. The number of halogens is 1. The molecule has 1 fully saturated rings. The Balaban J connectivity index is 0.00000192. The summed E-state index contributed by atoms with van der Waals surface area (Å²) in [5, 5.41) is 10.3. The summed E-state index contributed by atoms with van der Waals surface area (Å²) in [6.45, 7) is 1.28. The number of carbonyl (C=O) groups excluding carboxylic acids is 1. The van der Waals surface area contributed by atoms with Crippen molar-refractivity contribution in [3.05, 3.63) is 36.0 Å². The van der Waals surface area contributed by atoms with Gasteiger partial charge in [0.05, 0.1) is 25.4 Å². The van der Waals surface area contributed by atoms with E-state index in [-0.39, 0.29) is 31.0 Å². The van der Waals surface area contributed by atoms with Crippen LogP contribution in [0, 0.1) is 0 Å². The van der Waals surface area contributed by atoms with E-state index in [2.05, 4.69) is 4.98 Å². The van der Waals surface area contributed by atoms with E-state index in [4.69, 9.17) is 15.6 Å². The molecule has 1 aromatic carbocycles. The van der Waals surface area contributed by atoms with Crippen molar-refractivity contribution in [2.24, 2.45) is 5.73 Å². The number of fused-ring (bicyclic) bond motifs is 1. The molecule has 3 rings (SSSR count). The number of hydrogen-bond acceptors (Lipinski definition) is 4. The van der Waals surface area contributed by atoms with Gasteiger partial charge in [0, 0.05) is 30.2 Å². The molecule has 2 atom stereocenters. The number of nitrogens with two attached hydrogens (primary N) is 1. The summed E-state index contributed by atoms with van der Waals surface area (Å²) in [6, 6.07) is 7.38. The molecule has 1 aliphatic heterocycles. The molecule has 1 unspecified atom stereocenters. The maximum atomic E-state index is 12.5. The molecule has 23 heavy (non-hydrogen) atoms. The van der Waals surface area contributed by atoms with Gasteiger partial charge < -0.3 is 25.5 Å². The highest BCUT2D eigenvalue weighted by molar-refractivity contribution is 5.86. The Morgan fingerprint density at radius 1 is 1.48 bits per heavy atom. The third-order valence-electron chi connectivity index (χ3n) is 4.09. The molecule has 0 saturated carbocycles. The quantitative estimate of drug-likeness (QED) is 0.764. The van der Waals surface area contributed by atoms with Gasteiger partial charge in [-0.25, -0.2) is 0 Å². The molecule has 1 saturated heterocycles. The van der Waals surface area contributed by atoms with Crippen LogP contribution in [0.3, 0.4) is 0 Å². The van der Waals surface area contributed by atoms with E-state index < -0.39 is 6.04 Å². The van der Waals surface area contributed by atoms with Gasteiger partial charge >= 0.3 is 0 Å². The summed E-state index contributed by atoms with van der Waals surface area (Å²) >= 11 is 0. The van der Waals surface area contributed by atoms with E-state index in [9.17, 15) is 4.79 Å². The predicted molar refractivity (Wildman–Crippen MR) is 90.6 cm³/mol. The molecule has 6 nitrogen and oxygen atoms in total. The fourth-order valence-corrected chi connectivity index (χ4v) is 2.89. The van der Waals surface area contributed by atoms with Gasteiger partial charge in [0.25, 0.3) is 0 Å². The van der Waals surface area contributed by atoms with Crippen LogP contribution in [0.2, 0.25) is 0 Å². The minimum Gasteiger partial charge on any atom is -0.394 e. The van der Waals surface area contributed by atoms with Crippen LogP contribution in [0.15, 0.2) is 30.5 Å². The lowest BCUT2D eigenvalue weighted by molar-refractivity contribution is -0.141. The van der Waals surface area contributed by atoms with E-state index in [1.807, 2.05) is 30.5 Å². The maximum absolute atomic E-state index is 12.5. The maximum Gasteiger partial charge on any atom is 0.240 e. The number of amides is 1. The first-order valence-corrected chi connectivity index (χ1v) is 7.51. The first-order valence-electron chi connectivity index (χ1n) is 7.51. The Hall–Kier alpha value is -1.60. The van der Waals surface area contributed by atoms with Crippen LogP contribution in [0.5, 0.6) is 0 Å². The van der Waals surface area contributed by atoms with Crippen molar-refractivity contribution in [2.45, 2.75) is 18.6 Å². The molecule has 2 heterocycles. The van der Waals surface area contributed by atoms with Crippen LogP contribution < -0.4 is 5.73 Å². The molecule has 2 aromatic rings. The Kier molecular flexibility index (Phi) is 6.01. The van der Waals surface area contributed by atoms with Gasteiger partial charge in [-0.15, -0.1) is 12.4 Å². The number of benzene rings is 1. The third kappa shape index (κ3) is 3.84. The minimum atomic E-state index is -0.586. The molecule has 0 radical (unpaired) electrons. The molecule has 7 heteroatoms. The van der Waals surface area contributed by atoms with Gasteiger partial charge in [0.15, 0.2) is 0 Å². The highest BCUT2D eigenvalue weighted by Crippen LogP contribution is 2.19. The van der Waals surface area contributed by atoms with Gasteiger partial charge in [-0.1, -0.05) is 18.2 Å². The zero-order valence-electron chi connectivity index (χ0n) is 12.8. The minimum absolute atomic E-state index is 0.